The van der Waals surface area contributed by atoms with Gasteiger partial charge in [-0.25, -0.2) is 0 Å². The number of likely N-dealkylation sites (N-methyl/N-ethyl adjacent to an activating group) is 1. The summed E-state index contributed by atoms with van der Waals surface area (Å²) in [5.41, 5.74) is 1.45. The van der Waals surface area contributed by atoms with Gasteiger partial charge in [0.1, 0.15) is 5.69 Å². The average Bonchev–Trinajstić information content (AvgIpc) is 2.61. The van der Waals surface area contributed by atoms with Crippen LogP contribution < -0.4 is 4.90 Å². The van der Waals surface area contributed by atoms with Crippen LogP contribution in [0.25, 0.3) is 0 Å². The molecule has 7 nitrogen and oxygen atoms in total. The molecule has 0 heterocycles. The number of rotatable bonds is 9. The zero-order valence-corrected chi connectivity index (χ0v) is 14.8. The van der Waals surface area contributed by atoms with Gasteiger partial charge in [0.2, 0.25) is 0 Å². The number of nitro benzene ring substituents is 1. The molecule has 0 aliphatic rings. The first-order chi connectivity index (χ1) is 12.4. The number of hydrogen-bond acceptors (Lipinski definition) is 6. The summed E-state index contributed by atoms with van der Waals surface area (Å²) in [7, 11) is 1.65. The quantitative estimate of drug-likeness (QED) is 0.421. The molecule has 0 saturated carbocycles. The van der Waals surface area contributed by atoms with Crippen LogP contribution in [0.2, 0.25) is 0 Å². The number of hydrogen-bond donors (Lipinski definition) is 1. The Labute approximate surface area is 152 Å². The monoisotopic (exact) mass is 358 g/mol. The summed E-state index contributed by atoms with van der Waals surface area (Å²) in [4.78, 5) is 23.8. The third-order valence-corrected chi connectivity index (χ3v) is 3.90. The van der Waals surface area contributed by atoms with Crippen molar-refractivity contribution in [1.82, 2.24) is 0 Å². The minimum Gasteiger partial charge on any atom is -0.389 e. The Bertz CT molecular complexity index is 764. The van der Waals surface area contributed by atoms with Crippen molar-refractivity contribution in [3.05, 3.63) is 69.8 Å². The lowest BCUT2D eigenvalue weighted by Crippen LogP contribution is -2.32. The van der Waals surface area contributed by atoms with Gasteiger partial charge < -0.3 is 14.7 Å². The van der Waals surface area contributed by atoms with E-state index in [1.807, 2.05) is 30.3 Å². The largest absolute Gasteiger partial charge is 0.389 e. The summed E-state index contributed by atoms with van der Waals surface area (Å²) in [5.74, 6) is -0.239. The van der Waals surface area contributed by atoms with Crippen LogP contribution >= 0.6 is 0 Å². The first-order valence-electron chi connectivity index (χ1n) is 8.18. The number of carbonyl (C=O) groups is 1. The SMILES string of the molecule is CC(=O)c1ccc(N(C)CC(O)COCc2ccccc2)c([N+](=O)[O-])c1. The number of ether oxygens (including phenoxy) is 1. The molecule has 26 heavy (non-hydrogen) atoms. The summed E-state index contributed by atoms with van der Waals surface area (Å²) < 4.78 is 5.49. The molecule has 2 aromatic carbocycles. The second kappa shape index (κ2) is 9.07. The minimum absolute atomic E-state index is 0.110. The molecule has 0 fully saturated rings. The Kier molecular flexibility index (Phi) is 6.82. The number of anilines is 1. The van der Waals surface area contributed by atoms with Gasteiger partial charge >= 0.3 is 0 Å². The van der Waals surface area contributed by atoms with E-state index < -0.39 is 11.0 Å². The third kappa shape index (κ3) is 5.37. The number of ketones is 1. The topological polar surface area (TPSA) is 92.9 Å². The summed E-state index contributed by atoms with van der Waals surface area (Å²) in [6.07, 6.45) is -0.809. The Morgan fingerprint density at radius 1 is 1.27 bits per heavy atom. The summed E-state index contributed by atoms with van der Waals surface area (Å²) in [5, 5.41) is 21.4. The molecule has 1 atom stereocenters. The van der Waals surface area contributed by atoms with Crippen LogP contribution in [0.1, 0.15) is 22.8 Å². The lowest BCUT2D eigenvalue weighted by atomic mass is 10.1. The van der Waals surface area contributed by atoms with Crippen molar-refractivity contribution in [2.75, 3.05) is 25.1 Å². The van der Waals surface area contributed by atoms with Gasteiger partial charge in [-0.1, -0.05) is 30.3 Å². The summed E-state index contributed by atoms with van der Waals surface area (Å²) in [6.45, 7) is 2.01. The van der Waals surface area contributed by atoms with Crippen LogP contribution in [0.5, 0.6) is 0 Å². The zero-order valence-electron chi connectivity index (χ0n) is 14.8. The number of Topliss-reactive ketones (excluding diaryl/α,β-unsaturated/α-hetero) is 1. The van der Waals surface area contributed by atoms with E-state index in [4.69, 9.17) is 4.74 Å². The molecular weight excluding hydrogens is 336 g/mol. The maximum absolute atomic E-state index is 11.4. The van der Waals surface area contributed by atoms with E-state index in [2.05, 4.69) is 0 Å². The van der Waals surface area contributed by atoms with Crippen molar-refractivity contribution in [3.63, 3.8) is 0 Å². The van der Waals surface area contributed by atoms with Crippen molar-refractivity contribution in [2.45, 2.75) is 19.6 Å². The number of carbonyl (C=O) groups excluding carboxylic acids is 1. The van der Waals surface area contributed by atoms with E-state index in [1.54, 1.807) is 18.0 Å². The number of benzene rings is 2. The summed E-state index contributed by atoms with van der Waals surface area (Å²) >= 11 is 0. The number of nitrogens with zero attached hydrogens (tertiary/aromatic N) is 2. The molecule has 0 amide bonds. The van der Waals surface area contributed by atoms with E-state index in [9.17, 15) is 20.0 Å². The molecule has 138 valence electrons. The first kappa shape index (κ1) is 19.6. The van der Waals surface area contributed by atoms with Crippen molar-refractivity contribution in [1.29, 1.82) is 0 Å². The third-order valence-electron chi connectivity index (χ3n) is 3.90. The fraction of sp³-hybridized carbons (Fsp3) is 0.316. The van der Waals surface area contributed by atoms with Gasteiger partial charge in [0.05, 0.1) is 24.2 Å². The molecule has 0 aliphatic carbocycles. The van der Waals surface area contributed by atoms with Crippen molar-refractivity contribution < 1.29 is 19.6 Å². The average molecular weight is 358 g/mol. The number of nitro groups is 1. The second-order valence-corrected chi connectivity index (χ2v) is 6.05. The van der Waals surface area contributed by atoms with Crippen molar-refractivity contribution in [2.24, 2.45) is 0 Å². The van der Waals surface area contributed by atoms with E-state index in [-0.39, 0.29) is 30.2 Å². The highest BCUT2D eigenvalue weighted by Crippen LogP contribution is 2.28. The minimum atomic E-state index is -0.809. The van der Waals surface area contributed by atoms with Gasteiger partial charge in [-0.15, -0.1) is 0 Å². The fourth-order valence-corrected chi connectivity index (χ4v) is 2.57. The molecule has 1 N–H and O–H groups in total. The Hall–Kier alpha value is -2.77. The molecule has 7 heteroatoms. The normalized spacial score (nSPS) is 11.8. The van der Waals surface area contributed by atoms with Gasteiger partial charge in [-0.3, -0.25) is 14.9 Å². The van der Waals surface area contributed by atoms with Gasteiger partial charge in [-0.05, 0) is 24.6 Å². The predicted molar refractivity (Wildman–Crippen MR) is 98.5 cm³/mol. The van der Waals surface area contributed by atoms with E-state index in [0.29, 0.717) is 12.3 Å². The Morgan fingerprint density at radius 2 is 1.96 bits per heavy atom. The Balaban J connectivity index is 1.96. The van der Waals surface area contributed by atoms with Crippen molar-refractivity contribution >= 4 is 17.2 Å². The van der Waals surface area contributed by atoms with Gasteiger partial charge in [-0.2, -0.15) is 0 Å². The van der Waals surface area contributed by atoms with Crippen LogP contribution in [0, 0.1) is 10.1 Å². The highest BCUT2D eigenvalue weighted by molar-refractivity contribution is 5.95. The Morgan fingerprint density at radius 3 is 2.58 bits per heavy atom. The molecular formula is C19H22N2O5. The van der Waals surface area contributed by atoms with Crippen LogP contribution in [-0.4, -0.2) is 42.1 Å². The van der Waals surface area contributed by atoms with Gasteiger partial charge in [0.15, 0.2) is 5.78 Å². The van der Waals surface area contributed by atoms with E-state index in [0.717, 1.165) is 5.56 Å². The molecule has 0 radical (unpaired) electrons. The highest BCUT2D eigenvalue weighted by atomic mass is 16.6. The van der Waals surface area contributed by atoms with Crippen LogP contribution in [-0.2, 0) is 11.3 Å². The van der Waals surface area contributed by atoms with Crippen molar-refractivity contribution in [3.8, 4) is 0 Å². The van der Waals surface area contributed by atoms with Crippen LogP contribution in [0.3, 0.4) is 0 Å². The smallest absolute Gasteiger partial charge is 0.293 e. The number of aliphatic hydroxyl groups is 1. The summed E-state index contributed by atoms with van der Waals surface area (Å²) in [6, 6.07) is 13.9. The second-order valence-electron chi connectivity index (χ2n) is 6.05. The predicted octanol–water partition coefficient (Wildman–Crippen LogP) is 2.81. The molecule has 0 aromatic heterocycles. The molecule has 0 bridgehead atoms. The fourth-order valence-electron chi connectivity index (χ4n) is 2.57. The van der Waals surface area contributed by atoms with Crippen LogP contribution in [0.4, 0.5) is 11.4 Å². The molecule has 0 spiro atoms. The van der Waals surface area contributed by atoms with Gasteiger partial charge in [0, 0.05) is 25.2 Å². The van der Waals surface area contributed by atoms with E-state index >= 15 is 0 Å². The zero-order chi connectivity index (χ0) is 19.1. The first-order valence-corrected chi connectivity index (χ1v) is 8.18. The maximum Gasteiger partial charge on any atom is 0.293 e. The molecule has 2 rings (SSSR count). The lowest BCUT2D eigenvalue weighted by molar-refractivity contribution is -0.384. The molecule has 0 aliphatic heterocycles. The standard InChI is InChI=1S/C19H22N2O5/c1-14(22)16-8-9-18(19(10-16)21(24)25)20(2)11-17(23)13-26-12-15-6-4-3-5-7-15/h3-10,17,23H,11-13H2,1-2H3. The lowest BCUT2D eigenvalue weighted by Gasteiger charge is -2.22. The van der Waals surface area contributed by atoms with Gasteiger partial charge in [0.25, 0.3) is 5.69 Å². The highest BCUT2D eigenvalue weighted by Gasteiger charge is 2.20. The number of aliphatic hydroxyl groups excluding tert-OH is 1. The maximum atomic E-state index is 11.4. The molecule has 0 saturated heterocycles. The molecule has 2 aromatic rings. The molecule has 1 unspecified atom stereocenters. The van der Waals surface area contributed by atoms with E-state index in [1.165, 1.54) is 19.1 Å². The van der Waals surface area contributed by atoms with Crippen LogP contribution in [0.15, 0.2) is 48.5 Å².